The number of benzene rings is 4. The zero-order valence-electron chi connectivity index (χ0n) is 45.8. The molecule has 3 N–H and O–H groups in total. The summed E-state index contributed by atoms with van der Waals surface area (Å²) >= 11 is 0. The van der Waals surface area contributed by atoms with Gasteiger partial charge in [-0.25, -0.2) is 9.59 Å². The number of aliphatic hydroxyl groups is 3. The standard InChI is InChI=1S/C68H76O11/c1-41(38-70)52-27-21-42-19-22-43(23-20-42)53-28-25-47(46-13-9-16-51(36-46)67-32-8-7-15-50(67)26-24-45-12-3-5-17-56(45)67)35-49(53)37-59(72)76-63-61-58(79-68(64(63)78-65(52)73)33-10-14-44-11-4-6-18-57(44)68)30-29-54-55(39-71)60(66(74)77-62(54)61)48(31-34-69)40-75-2/h3,5,9,12-13,16-17,19-20,22-26,28-30,36,44,47-50,53,57,63-64,69-71H,4,6-8,10-11,14-15,18,21,27,31-35,37-40H2,1-2H3/b52-41-/t44-,47-,48+,49-,50+,53-,57-,63+,64-,67+,68-/m0/s1. The molecule has 8 aliphatic rings. The van der Waals surface area contributed by atoms with Crippen LogP contribution >= 0.6 is 0 Å². The average molecular weight is 1070 g/mol. The molecular weight excluding hydrogens is 993 g/mol. The third-order valence-corrected chi connectivity index (χ3v) is 20.0. The maximum atomic E-state index is 15.6. The fourth-order valence-corrected chi connectivity index (χ4v) is 16.2. The minimum Gasteiger partial charge on any atom is -0.482 e. The summed E-state index contributed by atoms with van der Waals surface area (Å²) in [4.78, 5) is 45.4. The van der Waals surface area contributed by atoms with Crippen LogP contribution in [0.5, 0.6) is 5.75 Å². The molecule has 4 aromatic carbocycles. The van der Waals surface area contributed by atoms with Gasteiger partial charge in [-0.2, -0.15) is 0 Å². The number of aliphatic hydroxyl groups excluding tert-OH is 3. The molecule has 3 saturated carbocycles. The number of methoxy groups -OCH3 is 1. The van der Waals surface area contributed by atoms with Crippen LogP contribution in [0, 0.1) is 23.7 Å². The molecule has 3 aliphatic heterocycles. The van der Waals surface area contributed by atoms with Crippen LogP contribution in [-0.4, -0.2) is 65.9 Å². The molecule has 1 aromatic heterocycles. The van der Waals surface area contributed by atoms with Crippen molar-refractivity contribution in [1.82, 2.24) is 0 Å². The maximum Gasteiger partial charge on any atom is 0.340 e. The number of esters is 2. The molecule has 79 heavy (non-hydrogen) atoms. The number of ether oxygens (including phenoxy) is 4. The Kier molecular flexibility index (Phi) is 15.2. The van der Waals surface area contributed by atoms with E-state index in [-0.39, 0.29) is 84.4 Å². The van der Waals surface area contributed by atoms with Crippen molar-refractivity contribution in [3.8, 4) is 5.75 Å². The number of carbonyl (C=O) groups excluding carboxylic acids is 2. The van der Waals surface area contributed by atoms with E-state index in [0.717, 1.165) is 62.5 Å². The van der Waals surface area contributed by atoms with E-state index in [1.54, 1.807) is 13.0 Å². The lowest BCUT2D eigenvalue weighted by molar-refractivity contribution is -0.216. The highest BCUT2D eigenvalue weighted by Gasteiger charge is 2.62. The van der Waals surface area contributed by atoms with Crippen LogP contribution in [0.25, 0.3) is 17.0 Å². The molecule has 4 heterocycles. The van der Waals surface area contributed by atoms with Crippen molar-refractivity contribution >= 4 is 29.0 Å². The monoisotopic (exact) mass is 1070 g/mol. The largest absolute Gasteiger partial charge is 0.482 e. The van der Waals surface area contributed by atoms with Crippen LogP contribution in [0.1, 0.15) is 177 Å². The molecular formula is C68H76O11. The van der Waals surface area contributed by atoms with E-state index in [4.69, 9.17) is 23.4 Å². The zero-order valence-corrected chi connectivity index (χ0v) is 45.8. The van der Waals surface area contributed by atoms with Crippen molar-refractivity contribution in [3.05, 3.63) is 175 Å². The van der Waals surface area contributed by atoms with Crippen molar-refractivity contribution < 1.29 is 48.3 Å². The Bertz CT molecular complexity index is 3250. The van der Waals surface area contributed by atoms with Gasteiger partial charge < -0.3 is 38.7 Å². The summed E-state index contributed by atoms with van der Waals surface area (Å²) in [6, 6.07) is 30.3. The van der Waals surface area contributed by atoms with E-state index in [1.165, 1.54) is 42.2 Å². The predicted octanol–water partition coefficient (Wildman–Crippen LogP) is 12.3. The average Bonchev–Trinajstić information content (AvgIpc) is 3.51. The van der Waals surface area contributed by atoms with Gasteiger partial charge >= 0.3 is 17.6 Å². The molecule has 0 amide bonds. The molecule has 11 heteroatoms. The maximum absolute atomic E-state index is 15.6. The van der Waals surface area contributed by atoms with Gasteiger partial charge in [-0.3, -0.25) is 4.79 Å². The van der Waals surface area contributed by atoms with Crippen LogP contribution in [0.15, 0.2) is 124 Å². The van der Waals surface area contributed by atoms with Crippen molar-refractivity contribution in [1.29, 1.82) is 0 Å². The second-order valence-electron chi connectivity index (χ2n) is 24.1. The summed E-state index contributed by atoms with van der Waals surface area (Å²) in [5, 5.41) is 32.4. The van der Waals surface area contributed by atoms with Gasteiger partial charge in [0.15, 0.2) is 17.8 Å². The molecule has 1 spiro atoms. The predicted molar refractivity (Wildman–Crippen MR) is 303 cm³/mol. The van der Waals surface area contributed by atoms with Crippen molar-refractivity contribution in [2.24, 2.45) is 23.7 Å². The summed E-state index contributed by atoms with van der Waals surface area (Å²) in [5.41, 5.74) is 7.10. The SMILES string of the molecule is COC[C@@H](CCO)c1c(CO)c2ccc3c(c2oc1=O)[C@H]1OC(=O)C[C@@H]2C[C@@H](c4cccc([C@@]56CCCC[C@@H]5C=Cc5ccccc56)c4)C=C[C@H]2c2ccc(cc2)CC/C(=C(\C)CO)C(=O)O[C@@H]1[C@@]1(CCC[C@@H]2CCCC[C@@H]21)O3. The van der Waals surface area contributed by atoms with Gasteiger partial charge in [0, 0.05) is 65.7 Å². The first-order chi connectivity index (χ1) is 38.6. The van der Waals surface area contributed by atoms with E-state index in [1.807, 2.05) is 6.07 Å². The Morgan fingerprint density at radius 1 is 0.797 bits per heavy atom. The first-order valence-corrected chi connectivity index (χ1v) is 29.5. The second-order valence-corrected chi connectivity index (χ2v) is 24.1. The molecule has 11 atom stereocenters. The Morgan fingerprint density at radius 3 is 2.44 bits per heavy atom. The minimum atomic E-state index is -1.29. The van der Waals surface area contributed by atoms with Crippen molar-refractivity contribution in [2.45, 2.75) is 157 Å². The first kappa shape index (κ1) is 53.5. The van der Waals surface area contributed by atoms with Gasteiger partial charge in [-0.15, -0.1) is 0 Å². The third kappa shape index (κ3) is 9.54. The molecule has 414 valence electrons. The fraction of sp³-hybridized carbons (Fsp3) is 0.485. The highest BCUT2D eigenvalue weighted by atomic mass is 16.6. The van der Waals surface area contributed by atoms with Gasteiger partial charge in [-0.1, -0.05) is 129 Å². The van der Waals surface area contributed by atoms with E-state index in [0.29, 0.717) is 59.4 Å². The molecule has 0 saturated heterocycles. The number of allylic oxidation sites excluding steroid dienone is 3. The normalized spacial score (nSPS) is 30.4. The van der Waals surface area contributed by atoms with E-state index in [9.17, 15) is 20.1 Å². The Morgan fingerprint density at radius 2 is 1.62 bits per heavy atom. The quantitative estimate of drug-likeness (QED) is 0.0557. The fourth-order valence-electron chi connectivity index (χ4n) is 16.2. The lowest BCUT2D eigenvalue weighted by Gasteiger charge is -2.56. The first-order valence-electron chi connectivity index (χ1n) is 29.5. The number of rotatable bonds is 9. The molecule has 0 radical (unpaired) electrons. The van der Waals surface area contributed by atoms with Crippen LogP contribution in [-0.2, 0) is 42.2 Å². The van der Waals surface area contributed by atoms with Gasteiger partial charge in [0.2, 0.25) is 0 Å². The van der Waals surface area contributed by atoms with Gasteiger partial charge in [-0.05, 0) is 146 Å². The van der Waals surface area contributed by atoms with Crippen LogP contribution in [0.2, 0.25) is 0 Å². The third-order valence-electron chi connectivity index (χ3n) is 20.0. The van der Waals surface area contributed by atoms with E-state index in [2.05, 4.69) is 97.1 Å². The second kappa shape index (κ2) is 22.4. The summed E-state index contributed by atoms with van der Waals surface area (Å²) in [7, 11) is 1.52. The summed E-state index contributed by atoms with van der Waals surface area (Å²) in [6.45, 7) is 0.751. The number of hydrogen-bond acceptors (Lipinski definition) is 11. The molecule has 11 nitrogen and oxygen atoms in total. The summed E-state index contributed by atoms with van der Waals surface area (Å²) < 4.78 is 33.4. The number of hydrogen-bond donors (Lipinski definition) is 3. The molecule has 3 fully saturated rings. The summed E-state index contributed by atoms with van der Waals surface area (Å²) in [5.74, 6) is -0.988. The molecule has 5 aromatic rings. The van der Waals surface area contributed by atoms with Crippen LogP contribution in [0.3, 0.4) is 0 Å². The highest BCUT2D eigenvalue weighted by Crippen LogP contribution is 2.59. The Hall–Kier alpha value is -6.11. The lowest BCUT2D eigenvalue weighted by Crippen LogP contribution is -2.63. The van der Waals surface area contributed by atoms with Crippen molar-refractivity contribution in [2.75, 3.05) is 26.9 Å². The molecule has 2 bridgehead atoms. The molecule has 5 aliphatic carbocycles. The van der Waals surface area contributed by atoms with Gasteiger partial charge in [0.1, 0.15) is 11.3 Å². The lowest BCUT2D eigenvalue weighted by atomic mass is 9.56. The topological polar surface area (TPSA) is 162 Å². The molecule has 0 unspecified atom stereocenters. The van der Waals surface area contributed by atoms with Gasteiger partial charge in [0.05, 0.1) is 25.4 Å². The summed E-state index contributed by atoms with van der Waals surface area (Å²) in [6.07, 6.45) is 19.5. The van der Waals surface area contributed by atoms with Crippen molar-refractivity contribution in [3.63, 3.8) is 0 Å². The number of fused-ring (bicyclic) bond motifs is 16. The van der Waals surface area contributed by atoms with Crippen LogP contribution in [0.4, 0.5) is 0 Å². The minimum absolute atomic E-state index is 0.00926. The Labute approximate surface area is 463 Å². The van der Waals surface area contributed by atoms with E-state index < -0.39 is 47.9 Å². The zero-order chi connectivity index (χ0) is 54.4. The Balaban J connectivity index is 0.994. The van der Waals surface area contributed by atoms with Crippen LogP contribution < -0.4 is 10.4 Å². The number of aryl methyl sites for hydroxylation is 1. The highest BCUT2D eigenvalue weighted by molar-refractivity contribution is 5.90. The smallest absolute Gasteiger partial charge is 0.340 e. The van der Waals surface area contributed by atoms with E-state index >= 15 is 9.59 Å². The van der Waals surface area contributed by atoms with Gasteiger partial charge in [0.25, 0.3) is 0 Å². The molecule has 13 rings (SSSR count). The number of carbonyl (C=O) groups is 2.